The lowest BCUT2D eigenvalue weighted by Gasteiger charge is -2.11. The number of nitrogens with one attached hydrogen (secondary N) is 1. The molecular weight excluding hydrogens is 281 g/mol. The predicted molar refractivity (Wildman–Crippen MR) is 73.8 cm³/mol. The van der Waals surface area contributed by atoms with Gasteiger partial charge in [-0.3, -0.25) is 4.98 Å². The van der Waals surface area contributed by atoms with Crippen LogP contribution in [0.1, 0.15) is 24.7 Å². The molecule has 0 saturated heterocycles. The van der Waals surface area contributed by atoms with Crippen molar-refractivity contribution in [1.82, 2.24) is 15.0 Å². The second-order valence-corrected chi connectivity index (χ2v) is 4.64. The van der Waals surface area contributed by atoms with Crippen molar-refractivity contribution in [3.8, 4) is 11.3 Å². The molecule has 0 amide bonds. The number of hydrogen-bond acceptors (Lipinski definition) is 4. The lowest BCUT2D eigenvalue weighted by molar-refractivity contribution is -0.144. The van der Waals surface area contributed by atoms with Crippen LogP contribution in [0.4, 0.5) is 19.0 Å². The van der Waals surface area contributed by atoms with Gasteiger partial charge in [0.25, 0.3) is 0 Å². The van der Waals surface area contributed by atoms with E-state index in [1.807, 2.05) is 13.8 Å². The molecule has 0 spiro atoms. The Morgan fingerprint density at radius 3 is 2.52 bits per heavy atom. The Morgan fingerprint density at radius 2 is 1.90 bits per heavy atom. The third-order valence-electron chi connectivity index (χ3n) is 2.71. The molecule has 2 heterocycles. The van der Waals surface area contributed by atoms with Crippen molar-refractivity contribution in [3.05, 3.63) is 35.9 Å². The van der Waals surface area contributed by atoms with Gasteiger partial charge in [0.05, 0.1) is 5.69 Å². The molecule has 0 atom stereocenters. The molecule has 0 aromatic carbocycles. The summed E-state index contributed by atoms with van der Waals surface area (Å²) in [5.74, 6) is -0.990. The lowest BCUT2D eigenvalue weighted by Crippen LogP contribution is -2.14. The van der Waals surface area contributed by atoms with Gasteiger partial charge in [0.15, 0.2) is 0 Å². The van der Waals surface area contributed by atoms with E-state index in [1.165, 1.54) is 12.3 Å². The van der Waals surface area contributed by atoms with Gasteiger partial charge < -0.3 is 5.32 Å². The number of pyridine rings is 1. The number of anilines is 1. The van der Waals surface area contributed by atoms with Crippen LogP contribution in [0.25, 0.3) is 11.3 Å². The molecule has 2 rings (SSSR count). The van der Waals surface area contributed by atoms with Crippen LogP contribution < -0.4 is 5.32 Å². The number of rotatable bonds is 4. The summed E-state index contributed by atoms with van der Waals surface area (Å²) in [6, 6.07) is 3.24. The summed E-state index contributed by atoms with van der Waals surface area (Å²) in [7, 11) is 0. The Morgan fingerprint density at radius 1 is 1.14 bits per heavy atom. The standard InChI is InChI=1S/C14H15F3N4/c1-3-4-19-12-6-11(10-5-9(2)7-18-8-10)20-13(21-12)14(15,16)17/h5-8H,3-4H2,1-2H3,(H,19,20,21). The van der Waals surface area contributed by atoms with E-state index in [4.69, 9.17) is 0 Å². The van der Waals surface area contributed by atoms with Crippen LogP contribution >= 0.6 is 0 Å². The molecule has 0 bridgehead atoms. The number of nitrogens with zero attached hydrogens (tertiary/aromatic N) is 3. The maximum atomic E-state index is 12.9. The van der Waals surface area contributed by atoms with Crippen molar-refractivity contribution in [2.75, 3.05) is 11.9 Å². The first-order valence-electron chi connectivity index (χ1n) is 6.52. The molecule has 0 aliphatic carbocycles. The Hall–Kier alpha value is -2.18. The number of alkyl halides is 3. The van der Waals surface area contributed by atoms with Gasteiger partial charge in [-0.15, -0.1) is 0 Å². The largest absolute Gasteiger partial charge is 0.451 e. The Balaban J connectivity index is 2.49. The van der Waals surface area contributed by atoms with Crippen LogP contribution in [0, 0.1) is 6.92 Å². The topological polar surface area (TPSA) is 50.7 Å². The second-order valence-electron chi connectivity index (χ2n) is 4.64. The van der Waals surface area contributed by atoms with Crippen molar-refractivity contribution < 1.29 is 13.2 Å². The first-order valence-corrected chi connectivity index (χ1v) is 6.52. The second kappa shape index (κ2) is 6.07. The number of aromatic nitrogens is 3. The summed E-state index contributed by atoms with van der Waals surface area (Å²) >= 11 is 0. The molecule has 4 nitrogen and oxygen atoms in total. The van der Waals surface area contributed by atoms with Gasteiger partial charge in [-0.05, 0) is 25.0 Å². The molecule has 1 N–H and O–H groups in total. The Bertz CT molecular complexity index is 626. The fourth-order valence-electron chi connectivity index (χ4n) is 1.76. The van der Waals surface area contributed by atoms with E-state index in [0.717, 1.165) is 12.0 Å². The third kappa shape index (κ3) is 3.90. The first kappa shape index (κ1) is 15.2. The van der Waals surface area contributed by atoms with Crippen molar-refractivity contribution in [2.24, 2.45) is 0 Å². The highest BCUT2D eigenvalue weighted by Crippen LogP contribution is 2.29. The highest BCUT2D eigenvalue weighted by Gasteiger charge is 2.35. The number of hydrogen-bond donors (Lipinski definition) is 1. The van der Waals surface area contributed by atoms with Gasteiger partial charge in [0.1, 0.15) is 5.82 Å². The molecule has 0 aliphatic rings. The van der Waals surface area contributed by atoms with Crippen molar-refractivity contribution in [3.63, 3.8) is 0 Å². The van der Waals surface area contributed by atoms with Gasteiger partial charge >= 0.3 is 6.18 Å². The van der Waals surface area contributed by atoms with Crippen molar-refractivity contribution >= 4 is 5.82 Å². The summed E-state index contributed by atoms with van der Waals surface area (Å²) in [5.41, 5.74) is 1.58. The fraction of sp³-hybridized carbons (Fsp3) is 0.357. The first-order chi connectivity index (χ1) is 9.90. The highest BCUT2D eigenvalue weighted by atomic mass is 19.4. The van der Waals surface area contributed by atoms with E-state index in [-0.39, 0.29) is 11.5 Å². The SMILES string of the molecule is CCCNc1cc(-c2cncc(C)c2)nc(C(F)(F)F)n1. The molecule has 0 unspecified atom stereocenters. The molecule has 0 aliphatic heterocycles. The average Bonchev–Trinajstić information content (AvgIpc) is 2.44. The zero-order chi connectivity index (χ0) is 15.5. The Labute approximate surface area is 120 Å². The van der Waals surface area contributed by atoms with E-state index in [1.54, 1.807) is 12.3 Å². The summed E-state index contributed by atoms with van der Waals surface area (Å²) in [6.45, 7) is 4.28. The molecule has 112 valence electrons. The maximum absolute atomic E-state index is 12.9. The van der Waals surface area contributed by atoms with E-state index >= 15 is 0 Å². The number of aryl methyl sites for hydroxylation is 1. The van der Waals surface area contributed by atoms with E-state index in [0.29, 0.717) is 12.1 Å². The Kier molecular flexibility index (Phi) is 4.40. The van der Waals surface area contributed by atoms with Gasteiger partial charge in [0, 0.05) is 30.6 Å². The van der Waals surface area contributed by atoms with E-state index in [2.05, 4.69) is 20.3 Å². The molecule has 0 radical (unpaired) electrons. The van der Waals surface area contributed by atoms with Gasteiger partial charge in [-0.2, -0.15) is 13.2 Å². The van der Waals surface area contributed by atoms with Gasteiger partial charge in [-0.25, -0.2) is 9.97 Å². The lowest BCUT2D eigenvalue weighted by atomic mass is 10.1. The summed E-state index contributed by atoms with van der Waals surface area (Å²) in [4.78, 5) is 11.1. The molecule has 2 aromatic heterocycles. The predicted octanol–water partition coefficient (Wildman–Crippen LogP) is 3.69. The molecule has 0 fully saturated rings. The quantitative estimate of drug-likeness (QED) is 0.935. The summed E-state index contributed by atoms with van der Waals surface area (Å²) < 4.78 is 38.7. The van der Waals surface area contributed by atoms with Crippen LogP contribution in [0.5, 0.6) is 0 Å². The third-order valence-corrected chi connectivity index (χ3v) is 2.71. The van der Waals surface area contributed by atoms with Crippen molar-refractivity contribution in [2.45, 2.75) is 26.4 Å². The smallest absolute Gasteiger partial charge is 0.370 e. The van der Waals surface area contributed by atoms with Crippen LogP contribution in [-0.2, 0) is 6.18 Å². The van der Waals surface area contributed by atoms with Gasteiger partial charge in [-0.1, -0.05) is 6.92 Å². The summed E-state index contributed by atoms with van der Waals surface area (Å²) in [6.07, 6.45) is -0.687. The van der Waals surface area contributed by atoms with Crippen LogP contribution in [0.15, 0.2) is 24.5 Å². The summed E-state index contributed by atoms with van der Waals surface area (Å²) in [5, 5.41) is 2.86. The van der Waals surface area contributed by atoms with Crippen LogP contribution in [0.2, 0.25) is 0 Å². The molecule has 2 aromatic rings. The molecule has 7 heteroatoms. The average molecular weight is 296 g/mol. The zero-order valence-electron chi connectivity index (χ0n) is 11.7. The van der Waals surface area contributed by atoms with Crippen LogP contribution in [0.3, 0.4) is 0 Å². The van der Waals surface area contributed by atoms with Crippen LogP contribution in [-0.4, -0.2) is 21.5 Å². The minimum Gasteiger partial charge on any atom is -0.370 e. The zero-order valence-corrected chi connectivity index (χ0v) is 11.7. The van der Waals surface area contributed by atoms with Crippen molar-refractivity contribution in [1.29, 1.82) is 0 Å². The molecular formula is C14H15F3N4. The molecule has 21 heavy (non-hydrogen) atoms. The maximum Gasteiger partial charge on any atom is 0.451 e. The minimum atomic E-state index is -4.59. The fourth-order valence-corrected chi connectivity index (χ4v) is 1.76. The van der Waals surface area contributed by atoms with Gasteiger partial charge in [0.2, 0.25) is 5.82 Å². The highest BCUT2D eigenvalue weighted by molar-refractivity contribution is 5.62. The normalized spacial score (nSPS) is 11.5. The minimum absolute atomic E-state index is 0.163. The van der Waals surface area contributed by atoms with E-state index in [9.17, 15) is 13.2 Å². The molecule has 0 saturated carbocycles. The monoisotopic (exact) mass is 296 g/mol. The number of halogens is 3. The van der Waals surface area contributed by atoms with E-state index < -0.39 is 12.0 Å².